The largest absolute Gasteiger partial charge is 0.488 e. The second-order valence-electron chi connectivity index (χ2n) is 5.88. The van der Waals surface area contributed by atoms with E-state index in [1.165, 1.54) is 12.3 Å². The van der Waals surface area contributed by atoms with Gasteiger partial charge in [0.2, 0.25) is 0 Å². The van der Waals surface area contributed by atoms with E-state index in [0.29, 0.717) is 23.7 Å². The maximum absolute atomic E-state index is 12.3. The van der Waals surface area contributed by atoms with Crippen LogP contribution in [0.4, 0.5) is 0 Å². The molecular formula is C22H17BrN2O3. The summed E-state index contributed by atoms with van der Waals surface area (Å²) < 4.78 is 12.1. The SMILES string of the molecule is N#CC(=Cc1ccccc1OCc1ccc(Br)cc1)C(=O)NCc1ccco1. The Labute approximate surface area is 171 Å². The number of furan rings is 1. The molecule has 0 aliphatic heterocycles. The van der Waals surface area contributed by atoms with Crippen LogP contribution in [0.25, 0.3) is 6.08 Å². The van der Waals surface area contributed by atoms with Gasteiger partial charge in [-0.05, 0) is 42.0 Å². The summed E-state index contributed by atoms with van der Waals surface area (Å²) in [6.07, 6.45) is 3.05. The lowest BCUT2D eigenvalue weighted by atomic mass is 10.1. The smallest absolute Gasteiger partial charge is 0.262 e. The molecule has 1 N–H and O–H groups in total. The third-order valence-corrected chi connectivity index (χ3v) is 4.42. The average Bonchev–Trinajstić information content (AvgIpc) is 3.24. The van der Waals surface area contributed by atoms with Crippen LogP contribution >= 0.6 is 15.9 Å². The van der Waals surface area contributed by atoms with Crippen molar-refractivity contribution in [2.45, 2.75) is 13.2 Å². The van der Waals surface area contributed by atoms with Crippen LogP contribution in [0.15, 0.2) is 81.4 Å². The predicted octanol–water partition coefficient (Wildman–Crippen LogP) is 4.84. The minimum absolute atomic E-state index is 0.00810. The Morgan fingerprint density at radius 2 is 1.93 bits per heavy atom. The molecule has 140 valence electrons. The Morgan fingerprint density at radius 3 is 2.64 bits per heavy atom. The summed E-state index contributed by atoms with van der Waals surface area (Å²) in [6, 6.07) is 20.5. The number of para-hydroxylation sites is 1. The lowest BCUT2D eigenvalue weighted by Gasteiger charge is -2.10. The van der Waals surface area contributed by atoms with Gasteiger partial charge in [0.25, 0.3) is 5.91 Å². The standard InChI is InChI=1S/C22H17BrN2O3/c23-19-9-7-16(8-10-19)15-28-21-6-2-1-4-17(21)12-18(13-24)22(26)25-14-20-5-3-11-27-20/h1-12H,14-15H2,(H,25,26). The van der Waals surface area contributed by atoms with E-state index in [1.807, 2.05) is 42.5 Å². The number of hydrogen-bond acceptors (Lipinski definition) is 4. The average molecular weight is 437 g/mol. The molecule has 0 spiro atoms. The molecule has 0 unspecified atom stereocenters. The zero-order valence-corrected chi connectivity index (χ0v) is 16.5. The molecule has 3 rings (SSSR count). The number of nitrogens with zero attached hydrogens (tertiary/aromatic N) is 1. The summed E-state index contributed by atoms with van der Waals surface area (Å²) in [5, 5.41) is 12.1. The van der Waals surface area contributed by atoms with Crippen LogP contribution < -0.4 is 10.1 Å². The van der Waals surface area contributed by atoms with Crippen molar-refractivity contribution in [2.75, 3.05) is 0 Å². The number of ether oxygens (including phenoxy) is 1. The molecule has 0 aliphatic rings. The molecule has 5 nitrogen and oxygen atoms in total. The molecule has 0 saturated heterocycles. The molecule has 0 bridgehead atoms. The first kappa shape index (κ1) is 19.5. The zero-order valence-electron chi connectivity index (χ0n) is 14.9. The monoisotopic (exact) mass is 436 g/mol. The molecule has 0 fully saturated rings. The van der Waals surface area contributed by atoms with E-state index in [9.17, 15) is 10.1 Å². The molecular weight excluding hydrogens is 420 g/mol. The first-order valence-corrected chi connectivity index (χ1v) is 9.33. The fourth-order valence-corrected chi connectivity index (χ4v) is 2.72. The van der Waals surface area contributed by atoms with Crippen molar-refractivity contribution in [3.63, 3.8) is 0 Å². The number of carbonyl (C=O) groups excluding carboxylic acids is 1. The molecule has 1 heterocycles. The topological polar surface area (TPSA) is 75.3 Å². The number of halogens is 1. The van der Waals surface area contributed by atoms with Crippen molar-refractivity contribution in [2.24, 2.45) is 0 Å². The molecule has 0 saturated carbocycles. The highest BCUT2D eigenvalue weighted by Crippen LogP contribution is 2.22. The number of nitrogens with one attached hydrogen (secondary N) is 1. The maximum atomic E-state index is 12.3. The van der Waals surface area contributed by atoms with Gasteiger partial charge in [-0.2, -0.15) is 5.26 Å². The zero-order chi connectivity index (χ0) is 19.8. The van der Waals surface area contributed by atoms with Crippen molar-refractivity contribution in [3.8, 4) is 11.8 Å². The van der Waals surface area contributed by atoms with Gasteiger partial charge >= 0.3 is 0 Å². The Balaban J connectivity index is 1.71. The van der Waals surface area contributed by atoms with Crippen molar-refractivity contribution < 1.29 is 13.9 Å². The normalized spacial score (nSPS) is 10.9. The Bertz CT molecular complexity index is 1000. The lowest BCUT2D eigenvalue weighted by molar-refractivity contribution is -0.117. The predicted molar refractivity (Wildman–Crippen MR) is 109 cm³/mol. The first-order chi connectivity index (χ1) is 13.7. The number of rotatable bonds is 7. The molecule has 0 atom stereocenters. The van der Waals surface area contributed by atoms with Gasteiger partial charge in [0.15, 0.2) is 0 Å². The van der Waals surface area contributed by atoms with Crippen LogP contribution in [0.3, 0.4) is 0 Å². The van der Waals surface area contributed by atoms with E-state index < -0.39 is 5.91 Å². The summed E-state index contributed by atoms with van der Waals surface area (Å²) in [4.78, 5) is 12.3. The number of benzene rings is 2. The highest BCUT2D eigenvalue weighted by Gasteiger charge is 2.11. The molecule has 0 aliphatic carbocycles. The second kappa shape index (κ2) is 9.58. The molecule has 6 heteroatoms. The van der Waals surface area contributed by atoms with Gasteiger partial charge in [-0.25, -0.2) is 0 Å². The third-order valence-electron chi connectivity index (χ3n) is 3.89. The van der Waals surface area contributed by atoms with Crippen LogP contribution in [0.1, 0.15) is 16.9 Å². The van der Waals surface area contributed by atoms with Gasteiger partial charge in [-0.3, -0.25) is 4.79 Å². The van der Waals surface area contributed by atoms with E-state index in [-0.39, 0.29) is 12.1 Å². The highest BCUT2D eigenvalue weighted by atomic mass is 79.9. The van der Waals surface area contributed by atoms with E-state index in [2.05, 4.69) is 21.2 Å². The number of hydrogen-bond donors (Lipinski definition) is 1. The van der Waals surface area contributed by atoms with Gasteiger partial charge in [-0.15, -0.1) is 0 Å². The fraction of sp³-hybridized carbons (Fsp3) is 0.0909. The minimum atomic E-state index is -0.471. The first-order valence-electron chi connectivity index (χ1n) is 8.54. The lowest BCUT2D eigenvalue weighted by Crippen LogP contribution is -2.23. The molecule has 1 amide bonds. The Kier molecular flexibility index (Phi) is 6.66. The summed E-state index contributed by atoms with van der Waals surface area (Å²) in [6.45, 7) is 0.595. The number of nitriles is 1. The van der Waals surface area contributed by atoms with Crippen molar-refractivity contribution in [3.05, 3.63) is 93.9 Å². The van der Waals surface area contributed by atoms with Gasteiger partial charge < -0.3 is 14.5 Å². The Morgan fingerprint density at radius 1 is 1.14 bits per heavy atom. The van der Waals surface area contributed by atoms with E-state index in [1.54, 1.807) is 24.3 Å². The molecule has 3 aromatic rings. The molecule has 2 aromatic carbocycles. The van der Waals surface area contributed by atoms with Crippen molar-refractivity contribution >= 4 is 27.9 Å². The van der Waals surface area contributed by atoms with E-state index in [4.69, 9.17) is 9.15 Å². The summed E-state index contributed by atoms with van der Waals surface area (Å²) in [5.41, 5.74) is 1.66. The third kappa shape index (κ3) is 5.35. The second-order valence-corrected chi connectivity index (χ2v) is 6.80. The van der Waals surface area contributed by atoms with Gasteiger partial charge in [-0.1, -0.05) is 46.3 Å². The van der Waals surface area contributed by atoms with Crippen LogP contribution in [0, 0.1) is 11.3 Å². The van der Waals surface area contributed by atoms with Crippen LogP contribution in [0.5, 0.6) is 5.75 Å². The Hall–Kier alpha value is -3.30. The van der Waals surface area contributed by atoms with E-state index in [0.717, 1.165) is 10.0 Å². The fourth-order valence-electron chi connectivity index (χ4n) is 2.45. The van der Waals surface area contributed by atoms with Crippen molar-refractivity contribution in [1.82, 2.24) is 5.32 Å². The molecule has 28 heavy (non-hydrogen) atoms. The maximum Gasteiger partial charge on any atom is 0.262 e. The van der Waals surface area contributed by atoms with Crippen molar-refractivity contribution in [1.29, 1.82) is 5.26 Å². The molecule has 0 radical (unpaired) electrons. The van der Waals surface area contributed by atoms with E-state index >= 15 is 0 Å². The highest BCUT2D eigenvalue weighted by molar-refractivity contribution is 9.10. The van der Waals surface area contributed by atoms with Gasteiger partial charge in [0.05, 0.1) is 12.8 Å². The molecule has 1 aromatic heterocycles. The van der Waals surface area contributed by atoms with Gasteiger partial charge in [0, 0.05) is 10.0 Å². The van der Waals surface area contributed by atoms with Crippen LogP contribution in [-0.2, 0) is 17.9 Å². The summed E-state index contributed by atoms with van der Waals surface area (Å²) >= 11 is 3.40. The van der Waals surface area contributed by atoms with Crippen LogP contribution in [0.2, 0.25) is 0 Å². The quantitative estimate of drug-likeness (QED) is 0.424. The number of carbonyl (C=O) groups is 1. The summed E-state index contributed by atoms with van der Waals surface area (Å²) in [5.74, 6) is 0.738. The minimum Gasteiger partial charge on any atom is -0.488 e. The summed E-state index contributed by atoms with van der Waals surface area (Å²) in [7, 11) is 0. The van der Waals surface area contributed by atoms with Gasteiger partial charge in [0.1, 0.15) is 29.8 Å². The number of amides is 1. The van der Waals surface area contributed by atoms with Crippen LogP contribution in [-0.4, -0.2) is 5.91 Å².